The molecule has 27 heavy (non-hydrogen) atoms. The van der Waals surface area contributed by atoms with Crippen molar-refractivity contribution < 1.29 is 4.74 Å². The minimum Gasteiger partial charge on any atom is -0.496 e. The van der Waals surface area contributed by atoms with Gasteiger partial charge in [-0.2, -0.15) is 0 Å². The summed E-state index contributed by atoms with van der Waals surface area (Å²) in [5.74, 6) is 1.62. The van der Waals surface area contributed by atoms with Gasteiger partial charge in [-0.3, -0.25) is 9.36 Å². The summed E-state index contributed by atoms with van der Waals surface area (Å²) in [4.78, 5) is 20.4. The number of nitrogens with zero attached hydrogens (tertiary/aromatic N) is 2. The maximum Gasteiger partial charge on any atom is 0.263 e. The van der Waals surface area contributed by atoms with Crippen molar-refractivity contribution in [1.29, 1.82) is 0 Å². The van der Waals surface area contributed by atoms with Crippen LogP contribution in [0.1, 0.15) is 41.3 Å². The average molecular weight is 401 g/mol. The third kappa shape index (κ3) is 3.41. The van der Waals surface area contributed by atoms with Crippen LogP contribution in [0.25, 0.3) is 10.2 Å². The van der Waals surface area contributed by atoms with Gasteiger partial charge in [0, 0.05) is 22.7 Å². The Hall–Kier alpha value is -1.79. The third-order valence-corrected chi connectivity index (χ3v) is 7.24. The number of ether oxygens (including phenoxy) is 1. The molecule has 2 aromatic heterocycles. The summed E-state index contributed by atoms with van der Waals surface area (Å²) in [6, 6.07) is 6.20. The summed E-state index contributed by atoms with van der Waals surface area (Å²) in [6.45, 7) is 4.89. The van der Waals surface area contributed by atoms with Crippen molar-refractivity contribution in [3.63, 3.8) is 0 Å². The van der Waals surface area contributed by atoms with Crippen LogP contribution in [0.5, 0.6) is 5.75 Å². The van der Waals surface area contributed by atoms with E-state index in [4.69, 9.17) is 9.72 Å². The topological polar surface area (TPSA) is 44.1 Å². The molecule has 142 valence electrons. The molecule has 0 bridgehead atoms. The fourth-order valence-electron chi connectivity index (χ4n) is 3.75. The molecule has 1 aliphatic carbocycles. The molecule has 0 atom stereocenters. The molecule has 0 saturated heterocycles. The first-order valence-electron chi connectivity index (χ1n) is 9.43. The van der Waals surface area contributed by atoms with Crippen LogP contribution in [0.4, 0.5) is 0 Å². The number of thiophene rings is 1. The number of hydrogen-bond acceptors (Lipinski definition) is 5. The molecule has 3 aromatic rings. The number of methoxy groups -OCH3 is 1. The molecule has 0 radical (unpaired) electrons. The van der Waals surface area contributed by atoms with Gasteiger partial charge in [-0.15, -0.1) is 11.3 Å². The van der Waals surface area contributed by atoms with E-state index >= 15 is 0 Å². The van der Waals surface area contributed by atoms with Crippen LogP contribution in [-0.2, 0) is 25.1 Å². The highest BCUT2D eigenvalue weighted by atomic mass is 32.2. The molecule has 0 aliphatic heterocycles. The van der Waals surface area contributed by atoms with Gasteiger partial charge in [-0.25, -0.2) is 4.98 Å². The second-order valence-electron chi connectivity index (χ2n) is 6.99. The Morgan fingerprint density at radius 3 is 2.96 bits per heavy atom. The highest BCUT2D eigenvalue weighted by Crippen LogP contribution is 2.36. The Balaban J connectivity index is 1.74. The third-order valence-electron chi connectivity index (χ3n) is 5.03. The van der Waals surface area contributed by atoms with E-state index in [1.807, 2.05) is 10.6 Å². The molecule has 0 saturated carbocycles. The Bertz CT molecular complexity index is 1050. The molecule has 1 aromatic carbocycles. The first-order chi connectivity index (χ1) is 13.1. The zero-order valence-corrected chi connectivity index (χ0v) is 17.6. The van der Waals surface area contributed by atoms with E-state index in [1.54, 1.807) is 30.2 Å². The lowest BCUT2D eigenvalue weighted by atomic mass is 10.1. The van der Waals surface area contributed by atoms with Gasteiger partial charge >= 0.3 is 0 Å². The van der Waals surface area contributed by atoms with Crippen molar-refractivity contribution in [2.75, 3.05) is 7.11 Å². The Morgan fingerprint density at radius 1 is 1.33 bits per heavy atom. The van der Waals surface area contributed by atoms with Crippen LogP contribution >= 0.6 is 23.1 Å². The Kier molecular flexibility index (Phi) is 5.28. The molecular weight excluding hydrogens is 376 g/mol. The summed E-state index contributed by atoms with van der Waals surface area (Å²) in [7, 11) is 1.70. The zero-order chi connectivity index (χ0) is 19.0. The van der Waals surface area contributed by atoms with E-state index in [2.05, 4.69) is 26.0 Å². The zero-order valence-electron chi connectivity index (χ0n) is 16.0. The van der Waals surface area contributed by atoms with Gasteiger partial charge in [0.25, 0.3) is 5.56 Å². The number of benzene rings is 1. The van der Waals surface area contributed by atoms with Crippen molar-refractivity contribution in [3.05, 3.63) is 50.1 Å². The monoisotopic (exact) mass is 400 g/mol. The number of thioether (sulfide) groups is 1. The SMILES string of the molecule is CCCn1c(SCc2cc(C)ccc2OC)nc2sc3c(c2c1=O)CCC3. The van der Waals surface area contributed by atoms with E-state index in [0.717, 1.165) is 58.1 Å². The number of hydrogen-bond donors (Lipinski definition) is 0. The van der Waals surface area contributed by atoms with Gasteiger partial charge in [0.1, 0.15) is 10.6 Å². The molecule has 0 unspecified atom stereocenters. The maximum atomic E-state index is 13.2. The Morgan fingerprint density at radius 2 is 2.19 bits per heavy atom. The highest BCUT2D eigenvalue weighted by Gasteiger charge is 2.23. The van der Waals surface area contributed by atoms with Crippen molar-refractivity contribution in [2.45, 2.75) is 57.0 Å². The lowest BCUT2D eigenvalue weighted by Crippen LogP contribution is -2.23. The van der Waals surface area contributed by atoms with E-state index in [-0.39, 0.29) is 5.56 Å². The minimum absolute atomic E-state index is 0.139. The molecule has 0 fully saturated rings. The van der Waals surface area contributed by atoms with Crippen LogP contribution in [0.3, 0.4) is 0 Å². The van der Waals surface area contributed by atoms with Gasteiger partial charge in [-0.05, 0) is 44.2 Å². The molecule has 0 spiro atoms. The first-order valence-corrected chi connectivity index (χ1v) is 11.2. The summed E-state index contributed by atoms with van der Waals surface area (Å²) >= 11 is 3.34. The largest absolute Gasteiger partial charge is 0.496 e. The highest BCUT2D eigenvalue weighted by molar-refractivity contribution is 7.98. The fourth-order valence-corrected chi connectivity index (χ4v) is 6.06. The first kappa shape index (κ1) is 18.6. The molecule has 2 heterocycles. The number of aryl methyl sites for hydroxylation is 3. The van der Waals surface area contributed by atoms with Crippen LogP contribution < -0.4 is 10.3 Å². The van der Waals surface area contributed by atoms with Crippen LogP contribution in [-0.4, -0.2) is 16.7 Å². The van der Waals surface area contributed by atoms with E-state index in [9.17, 15) is 4.79 Å². The average Bonchev–Trinajstić information content (AvgIpc) is 3.23. The lowest BCUT2D eigenvalue weighted by Gasteiger charge is -2.13. The minimum atomic E-state index is 0.139. The van der Waals surface area contributed by atoms with Crippen molar-refractivity contribution >= 4 is 33.3 Å². The second kappa shape index (κ2) is 7.68. The summed E-state index contributed by atoms with van der Waals surface area (Å²) < 4.78 is 7.38. The summed E-state index contributed by atoms with van der Waals surface area (Å²) in [5.41, 5.74) is 3.73. The number of aromatic nitrogens is 2. The summed E-state index contributed by atoms with van der Waals surface area (Å²) in [5, 5.41) is 1.69. The number of rotatable bonds is 6. The molecule has 1 aliphatic rings. The van der Waals surface area contributed by atoms with Gasteiger partial charge in [0.2, 0.25) is 0 Å². The lowest BCUT2D eigenvalue weighted by molar-refractivity contribution is 0.411. The van der Waals surface area contributed by atoms with Gasteiger partial charge in [0.15, 0.2) is 5.16 Å². The van der Waals surface area contributed by atoms with Gasteiger partial charge in [0.05, 0.1) is 12.5 Å². The normalized spacial score (nSPS) is 13.3. The van der Waals surface area contributed by atoms with Crippen LogP contribution in [0.15, 0.2) is 28.2 Å². The molecule has 6 heteroatoms. The quantitative estimate of drug-likeness (QED) is 0.433. The molecule has 4 nitrogen and oxygen atoms in total. The number of fused-ring (bicyclic) bond motifs is 3. The van der Waals surface area contributed by atoms with Gasteiger partial charge < -0.3 is 4.74 Å². The standard InChI is InChI=1S/C21H24N2O2S2/c1-4-10-23-20(24)18-15-6-5-7-17(15)27-19(18)22-21(23)26-12-14-11-13(2)8-9-16(14)25-3/h8-9,11H,4-7,10,12H2,1-3H3. The molecular formula is C21H24N2O2S2. The van der Waals surface area contributed by atoms with Gasteiger partial charge in [-0.1, -0.05) is 36.4 Å². The molecule has 0 N–H and O–H groups in total. The Labute approximate surface area is 167 Å². The van der Waals surface area contributed by atoms with E-state index < -0.39 is 0 Å². The van der Waals surface area contributed by atoms with Crippen molar-refractivity contribution in [2.24, 2.45) is 0 Å². The van der Waals surface area contributed by atoms with Crippen molar-refractivity contribution in [3.8, 4) is 5.75 Å². The predicted octanol–water partition coefficient (Wildman–Crippen LogP) is 4.97. The van der Waals surface area contributed by atoms with Crippen LogP contribution in [0.2, 0.25) is 0 Å². The van der Waals surface area contributed by atoms with E-state index in [1.165, 1.54) is 16.0 Å². The fraction of sp³-hybridized carbons (Fsp3) is 0.429. The smallest absolute Gasteiger partial charge is 0.263 e. The predicted molar refractivity (Wildman–Crippen MR) is 113 cm³/mol. The summed E-state index contributed by atoms with van der Waals surface area (Å²) in [6.07, 6.45) is 4.19. The second-order valence-corrected chi connectivity index (χ2v) is 9.02. The van der Waals surface area contributed by atoms with E-state index in [0.29, 0.717) is 6.54 Å². The molecule has 4 rings (SSSR count). The maximum absolute atomic E-state index is 13.2. The van der Waals surface area contributed by atoms with Crippen molar-refractivity contribution in [1.82, 2.24) is 9.55 Å². The van der Waals surface area contributed by atoms with Crippen LogP contribution in [0, 0.1) is 6.92 Å². The molecule has 0 amide bonds.